The highest BCUT2D eigenvalue weighted by Crippen LogP contribution is 1.92. The summed E-state index contributed by atoms with van der Waals surface area (Å²) in [5, 5.41) is 0. The summed E-state index contributed by atoms with van der Waals surface area (Å²) in [5.41, 5.74) is 0. The topological polar surface area (TPSA) is 34.1 Å². The fourth-order valence-electron chi connectivity index (χ4n) is 0.614. The van der Waals surface area contributed by atoms with Crippen molar-refractivity contribution in [2.24, 2.45) is 0 Å². The van der Waals surface area contributed by atoms with E-state index in [1.807, 2.05) is 12.2 Å². The van der Waals surface area contributed by atoms with Gasteiger partial charge in [0.2, 0.25) is 0 Å². The maximum Gasteiger partial charge on any atom is 0.142 e. The van der Waals surface area contributed by atoms with Gasteiger partial charge in [0.15, 0.2) is 0 Å². The molecule has 60 valence electrons. The van der Waals surface area contributed by atoms with E-state index >= 15 is 0 Å². The molecular formula is C9H12O2. The Morgan fingerprint density at radius 2 is 1.64 bits per heavy atom. The molecule has 0 spiro atoms. The summed E-state index contributed by atoms with van der Waals surface area (Å²) in [6, 6.07) is 0. The van der Waals surface area contributed by atoms with Crippen molar-refractivity contribution >= 4 is 12.6 Å². The second kappa shape index (κ2) is 8.82. The van der Waals surface area contributed by atoms with Crippen LogP contribution in [-0.2, 0) is 9.59 Å². The maximum atomic E-state index is 9.83. The van der Waals surface area contributed by atoms with Gasteiger partial charge in [0, 0.05) is 6.42 Å². The molecule has 0 saturated carbocycles. The molecule has 0 rings (SSSR count). The molecule has 0 saturated heterocycles. The van der Waals surface area contributed by atoms with Crippen LogP contribution < -0.4 is 0 Å². The lowest BCUT2D eigenvalue weighted by Gasteiger charge is -1.82. The van der Waals surface area contributed by atoms with Crippen molar-refractivity contribution in [3.63, 3.8) is 0 Å². The highest BCUT2D eigenvalue weighted by atomic mass is 16.1. The van der Waals surface area contributed by atoms with Crippen molar-refractivity contribution in [1.82, 2.24) is 0 Å². The van der Waals surface area contributed by atoms with Crippen LogP contribution in [0.2, 0.25) is 0 Å². The van der Waals surface area contributed by atoms with Crippen molar-refractivity contribution in [2.45, 2.75) is 19.3 Å². The van der Waals surface area contributed by atoms with Crippen LogP contribution in [0.5, 0.6) is 0 Å². The molecule has 0 aromatic carbocycles. The first-order chi connectivity index (χ1) is 5.41. The quantitative estimate of drug-likeness (QED) is 0.251. The molecule has 0 atom stereocenters. The number of carbonyl (C=O) groups excluding carboxylic acids is 2. The largest absolute Gasteiger partial charge is 0.303 e. The molecule has 2 nitrogen and oxygen atoms in total. The van der Waals surface area contributed by atoms with Crippen LogP contribution in [0.15, 0.2) is 24.3 Å². The predicted octanol–water partition coefficient (Wildman–Crippen LogP) is 1.67. The summed E-state index contributed by atoms with van der Waals surface area (Å²) in [6.07, 6.45) is 10.9. The Balaban J connectivity index is 3.19. The van der Waals surface area contributed by atoms with Crippen LogP contribution in [0, 0.1) is 0 Å². The van der Waals surface area contributed by atoms with E-state index in [-0.39, 0.29) is 0 Å². The van der Waals surface area contributed by atoms with Gasteiger partial charge in [-0.1, -0.05) is 18.2 Å². The number of hydrogen-bond acceptors (Lipinski definition) is 2. The molecule has 2 heteroatoms. The lowest BCUT2D eigenvalue weighted by Crippen LogP contribution is -1.68. The van der Waals surface area contributed by atoms with Gasteiger partial charge in [0.25, 0.3) is 0 Å². The third kappa shape index (κ3) is 8.82. The lowest BCUT2D eigenvalue weighted by molar-refractivity contribution is -0.107. The van der Waals surface area contributed by atoms with Gasteiger partial charge in [-0.15, -0.1) is 0 Å². The molecular weight excluding hydrogens is 140 g/mol. The van der Waals surface area contributed by atoms with Gasteiger partial charge >= 0.3 is 0 Å². The van der Waals surface area contributed by atoms with E-state index in [2.05, 4.69) is 0 Å². The Morgan fingerprint density at radius 1 is 0.909 bits per heavy atom. The molecule has 0 radical (unpaired) electrons. The monoisotopic (exact) mass is 152 g/mol. The molecule has 0 unspecified atom stereocenters. The van der Waals surface area contributed by atoms with Crippen LogP contribution in [0.4, 0.5) is 0 Å². The third-order valence-corrected chi connectivity index (χ3v) is 1.11. The fraction of sp³-hybridized carbons (Fsp3) is 0.333. The molecule has 0 aliphatic carbocycles. The highest BCUT2D eigenvalue weighted by Gasteiger charge is 1.75. The molecule has 11 heavy (non-hydrogen) atoms. The minimum Gasteiger partial charge on any atom is -0.303 e. The zero-order valence-electron chi connectivity index (χ0n) is 6.40. The van der Waals surface area contributed by atoms with Crippen LogP contribution in [0.1, 0.15) is 19.3 Å². The highest BCUT2D eigenvalue weighted by molar-refractivity contribution is 5.64. The van der Waals surface area contributed by atoms with E-state index in [1.54, 1.807) is 6.08 Å². The van der Waals surface area contributed by atoms with Crippen molar-refractivity contribution in [1.29, 1.82) is 0 Å². The summed E-state index contributed by atoms with van der Waals surface area (Å²) >= 11 is 0. The average molecular weight is 152 g/mol. The Hall–Kier alpha value is -1.18. The van der Waals surface area contributed by atoms with Gasteiger partial charge in [-0.2, -0.15) is 0 Å². The SMILES string of the molecule is O=C/C=C/CC/C=C\CC=O. The van der Waals surface area contributed by atoms with Crippen LogP contribution in [-0.4, -0.2) is 12.6 Å². The minimum atomic E-state index is 0.484. The van der Waals surface area contributed by atoms with E-state index in [0.29, 0.717) is 6.42 Å². The minimum absolute atomic E-state index is 0.484. The van der Waals surface area contributed by atoms with Crippen LogP contribution in [0.25, 0.3) is 0 Å². The summed E-state index contributed by atoms with van der Waals surface area (Å²) in [7, 11) is 0. The molecule has 0 aliphatic rings. The second-order valence-electron chi connectivity index (χ2n) is 2.02. The number of hydrogen-bond donors (Lipinski definition) is 0. The Kier molecular flexibility index (Phi) is 7.87. The van der Waals surface area contributed by atoms with E-state index in [0.717, 1.165) is 25.4 Å². The second-order valence-corrected chi connectivity index (χ2v) is 2.02. The number of aldehydes is 2. The standard InChI is InChI=1S/C9H12O2/c10-8-6-4-2-1-3-5-7-9-11/h2,4-5,7-9H,1,3,6H2/b4-2-,7-5+. The van der Waals surface area contributed by atoms with Gasteiger partial charge in [0.05, 0.1) is 0 Å². The molecule has 0 N–H and O–H groups in total. The van der Waals surface area contributed by atoms with E-state index < -0.39 is 0 Å². The van der Waals surface area contributed by atoms with E-state index in [9.17, 15) is 9.59 Å². The first-order valence-electron chi connectivity index (χ1n) is 3.60. The van der Waals surface area contributed by atoms with Crippen LogP contribution in [0.3, 0.4) is 0 Å². The van der Waals surface area contributed by atoms with Crippen molar-refractivity contribution in [3.8, 4) is 0 Å². The van der Waals surface area contributed by atoms with E-state index in [1.165, 1.54) is 6.08 Å². The molecule has 0 aromatic rings. The zero-order chi connectivity index (χ0) is 8.36. The summed E-state index contributed by atoms with van der Waals surface area (Å²) in [6.45, 7) is 0. The predicted molar refractivity (Wildman–Crippen MR) is 44.3 cm³/mol. The third-order valence-electron chi connectivity index (χ3n) is 1.11. The van der Waals surface area contributed by atoms with Crippen molar-refractivity contribution in [2.75, 3.05) is 0 Å². The van der Waals surface area contributed by atoms with Gasteiger partial charge in [0.1, 0.15) is 12.6 Å². The summed E-state index contributed by atoms with van der Waals surface area (Å²) < 4.78 is 0. The fourth-order valence-corrected chi connectivity index (χ4v) is 0.614. The number of carbonyl (C=O) groups is 2. The van der Waals surface area contributed by atoms with Gasteiger partial charge < -0.3 is 4.79 Å². The normalized spacial score (nSPS) is 10.9. The molecule has 0 bridgehead atoms. The first-order valence-corrected chi connectivity index (χ1v) is 3.60. The maximum absolute atomic E-state index is 9.83. The van der Waals surface area contributed by atoms with Gasteiger partial charge in [-0.05, 0) is 18.9 Å². The molecule has 0 amide bonds. The Bertz CT molecular complexity index is 157. The zero-order valence-corrected chi connectivity index (χ0v) is 6.40. The number of allylic oxidation sites excluding steroid dienone is 4. The lowest BCUT2D eigenvalue weighted by atomic mass is 10.2. The summed E-state index contributed by atoms with van der Waals surface area (Å²) in [4.78, 5) is 19.6. The Labute approximate surface area is 66.6 Å². The number of rotatable bonds is 6. The average Bonchev–Trinajstić information content (AvgIpc) is 2.03. The summed E-state index contributed by atoms with van der Waals surface area (Å²) in [5.74, 6) is 0. The smallest absolute Gasteiger partial charge is 0.142 e. The van der Waals surface area contributed by atoms with Crippen LogP contribution >= 0.6 is 0 Å². The van der Waals surface area contributed by atoms with Gasteiger partial charge in [-0.25, -0.2) is 0 Å². The van der Waals surface area contributed by atoms with E-state index in [4.69, 9.17) is 0 Å². The van der Waals surface area contributed by atoms with Crippen molar-refractivity contribution < 1.29 is 9.59 Å². The molecule has 0 aromatic heterocycles. The van der Waals surface area contributed by atoms with Gasteiger partial charge in [-0.3, -0.25) is 4.79 Å². The van der Waals surface area contributed by atoms with Crippen molar-refractivity contribution in [3.05, 3.63) is 24.3 Å². The molecule has 0 fully saturated rings. The first kappa shape index (κ1) is 9.82. The molecule has 0 aliphatic heterocycles. The number of unbranched alkanes of at least 4 members (excludes halogenated alkanes) is 1. The Morgan fingerprint density at radius 3 is 2.27 bits per heavy atom. The molecule has 0 heterocycles.